The third kappa shape index (κ3) is 4.18. The van der Waals surface area contributed by atoms with Crippen LogP contribution in [0.25, 0.3) is 0 Å². The van der Waals surface area contributed by atoms with Gasteiger partial charge in [0.15, 0.2) is 0 Å². The quantitative estimate of drug-likeness (QED) is 0.909. The molecule has 0 amide bonds. The highest BCUT2D eigenvalue weighted by Crippen LogP contribution is 2.18. The molecule has 0 fully saturated rings. The highest BCUT2D eigenvalue weighted by Gasteiger charge is 2.11. The van der Waals surface area contributed by atoms with Gasteiger partial charge in [0.1, 0.15) is 0 Å². The van der Waals surface area contributed by atoms with Gasteiger partial charge in [0.25, 0.3) is 0 Å². The van der Waals surface area contributed by atoms with E-state index in [1.165, 1.54) is 15.3 Å². The fourth-order valence-electron chi connectivity index (χ4n) is 2.03. The molecule has 1 N–H and O–H groups in total. The van der Waals surface area contributed by atoms with Gasteiger partial charge < -0.3 is 5.32 Å². The van der Waals surface area contributed by atoms with E-state index in [4.69, 9.17) is 0 Å². The lowest BCUT2D eigenvalue weighted by Gasteiger charge is -2.20. The van der Waals surface area contributed by atoms with Crippen LogP contribution in [0.3, 0.4) is 0 Å². The van der Waals surface area contributed by atoms with Gasteiger partial charge in [-0.05, 0) is 46.2 Å². The summed E-state index contributed by atoms with van der Waals surface area (Å²) in [6.07, 6.45) is 3.28. The number of aromatic nitrogens is 2. The van der Waals surface area contributed by atoms with E-state index >= 15 is 0 Å². The summed E-state index contributed by atoms with van der Waals surface area (Å²) in [5, 5.41) is 8.14. The Hall–Kier alpha value is -1.13. The summed E-state index contributed by atoms with van der Waals surface area (Å²) in [5.74, 6) is 0. The standard InChI is InChI=1S/C16H25N3S/c1-6-14-7-8-15(20-14)11-19-10-13(12(2)18-19)9-17-16(3,4)5/h7-8,10,17H,6,9,11H2,1-5H3. The van der Waals surface area contributed by atoms with Crippen LogP contribution in [0, 0.1) is 6.92 Å². The topological polar surface area (TPSA) is 29.9 Å². The number of nitrogens with zero attached hydrogens (tertiary/aromatic N) is 2. The predicted molar refractivity (Wildman–Crippen MR) is 86.4 cm³/mol. The third-order valence-corrected chi connectivity index (χ3v) is 4.46. The van der Waals surface area contributed by atoms with Crippen molar-refractivity contribution in [2.75, 3.05) is 0 Å². The van der Waals surface area contributed by atoms with E-state index in [0.717, 1.165) is 25.2 Å². The zero-order valence-electron chi connectivity index (χ0n) is 13.2. The maximum Gasteiger partial charge on any atom is 0.0752 e. The molecule has 0 radical (unpaired) electrons. The monoisotopic (exact) mass is 291 g/mol. The minimum atomic E-state index is 0.137. The summed E-state index contributed by atoms with van der Waals surface area (Å²) in [5.41, 5.74) is 2.54. The van der Waals surface area contributed by atoms with Gasteiger partial charge >= 0.3 is 0 Å². The lowest BCUT2D eigenvalue weighted by Crippen LogP contribution is -2.35. The van der Waals surface area contributed by atoms with Gasteiger partial charge in [-0.2, -0.15) is 5.10 Å². The smallest absolute Gasteiger partial charge is 0.0752 e. The van der Waals surface area contributed by atoms with Crippen molar-refractivity contribution in [3.63, 3.8) is 0 Å². The summed E-state index contributed by atoms with van der Waals surface area (Å²) in [6.45, 7) is 12.6. The van der Waals surface area contributed by atoms with Crippen molar-refractivity contribution in [2.45, 2.75) is 59.7 Å². The summed E-state index contributed by atoms with van der Waals surface area (Å²) >= 11 is 1.88. The molecule has 0 aromatic carbocycles. The normalized spacial score (nSPS) is 12.1. The molecule has 0 saturated heterocycles. The molecule has 0 aliphatic heterocycles. The van der Waals surface area contributed by atoms with E-state index in [9.17, 15) is 0 Å². The predicted octanol–water partition coefficient (Wildman–Crippen LogP) is 3.75. The van der Waals surface area contributed by atoms with E-state index < -0.39 is 0 Å². The average molecular weight is 291 g/mol. The van der Waals surface area contributed by atoms with E-state index in [0.29, 0.717) is 0 Å². The molecule has 20 heavy (non-hydrogen) atoms. The lowest BCUT2D eigenvalue weighted by molar-refractivity contribution is 0.423. The maximum absolute atomic E-state index is 4.63. The second kappa shape index (κ2) is 6.10. The third-order valence-electron chi connectivity index (χ3n) is 3.24. The Kier molecular flexibility index (Phi) is 4.66. The Morgan fingerprint density at radius 1 is 1.25 bits per heavy atom. The molecular formula is C16H25N3S. The van der Waals surface area contributed by atoms with Crippen molar-refractivity contribution in [3.05, 3.63) is 39.3 Å². The molecule has 0 unspecified atom stereocenters. The molecule has 110 valence electrons. The minimum absolute atomic E-state index is 0.137. The molecule has 2 aromatic rings. The number of nitrogens with one attached hydrogen (secondary N) is 1. The zero-order chi connectivity index (χ0) is 14.8. The van der Waals surface area contributed by atoms with Crippen molar-refractivity contribution >= 4 is 11.3 Å². The second-order valence-electron chi connectivity index (χ2n) is 6.26. The van der Waals surface area contributed by atoms with E-state index in [-0.39, 0.29) is 5.54 Å². The summed E-state index contributed by atoms with van der Waals surface area (Å²) in [7, 11) is 0. The summed E-state index contributed by atoms with van der Waals surface area (Å²) in [6, 6.07) is 4.44. The van der Waals surface area contributed by atoms with Crippen molar-refractivity contribution in [2.24, 2.45) is 0 Å². The number of hydrogen-bond acceptors (Lipinski definition) is 3. The maximum atomic E-state index is 4.63. The minimum Gasteiger partial charge on any atom is -0.308 e. The molecule has 0 aliphatic rings. The molecule has 0 aliphatic carbocycles. The first-order valence-electron chi connectivity index (χ1n) is 7.23. The molecule has 2 aromatic heterocycles. The van der Waals surface area contributed by atoms with Crippen molar-refractivity contribution in [1.82, 2.24) is 15.1 Å². The van der Waals surface area contributed by atoms with Crippen molar-refractivity contribution in [3.8, 4) is 0 Å². The van der Waals surface area contributed by atoms with Crippen LogP contribution in [0.1, 0.15) is 48.7 Å². The molecule has 0 spiro atoms. The number of aryl methyl sites for hydroxylation is 2. The van der Waals surface area contributed by atoms with Crippen molar-refractivity contribution in [1.29, 1.82) is 0 Å². The molecule has 4 heteroatoms. The fraction of sp³-hybridized carbons (Fsp3) is 0.562. The first kappa shape index (κ1) is 15.3. The van der Waals surface area contributed by atoms with Crippen LogP contribution in [0.5, 0.6) is 0 Å². The van der Waals surface area contributed by atoms with Crippen LogP contribution in [0.15, 0.2) is 18.3 Å². The van der Waals surface area contributed by atoms with Gasteiger partial charge in [0.05, 0.1) is 12.2 Å². The van der Waals surface area contributed by atoms with Crippen LogP contribution in [0.4, 0.5) is 0 Å². The van der Waals surface area contributed by atoms with Crippen LogP contribution in [0.2, 0.25) is 0 Å². The fourth-order valence-corrected chi connectivity index (χ4v) is 2.98. The SMILES string of the molecule is CCc1ccc(Cn2cc(CNC(C)(C)C)c(C)n2)s1. The Morgan fingerprint density at radius 2 is 1.95 bits per heavy atom. The first-order valence-corrected chi connectivity index (χ1v) is 8.04. The van der Waals surface area contributed by atoms with Crippen LogP contribution < -0.4 is 5.32 Å². The Balaban J connectivity index is 2.03. The summed E-state index contributed by atoms with van der Waals surface area (Å²) in [4.78, 5) is 2.82. The van der Waals surface area contributed by atoms with Crippen LogP contribution >= 0.6 is 11.3 Å². The molecule has 2 rings (SSSR count). The van der Waals surface area contributed by atoms with Gasteiger partial charge in [0, 0.05) is 33.6 Å². The highest BCUT2D eigenvalue weighted by atomic mass is 32.1. The van der Waals surface area contributed by atoms with Gasteiger partial charge in [-0.3, -0.25) is 4.68 Å². The zero-order valence-corrected chi connectivity index (χ0v) is 14.0. The van der Waals surface area contributed by atoms with E-state index in [1.807, 2.05) is 11.3 Å². The second-order valence-corrected chi connectivity index (χ2v) is 7.52. The van der Waals surface area contributed by atoms with Crippen LogP contribution in [-0.2, 0) is 19.5 Å². The molecule has 3 nitrogen and oxygen atoms in total. The van der Waals surface area contributed by atoms with Crippen molar-refractivity contribution < 1.29 is 0 Å². The molecule has 2 heterocycles. The van der Waals surface area contributed by atoms with Gasteiger partial charge in [-0.1, -0.05) is 6.92 Å². The lowest BCUT2D eigenvalue weighted by atomic mass is 10.1. The molecule has 0 saturated carbocycles. The van der Waals surface area contributed by atoms with E-state index in [1.54, 1.807) is 0 Å². The Labute approximate surface area is 126 Å². The van der Waals surface area contributed by atoms with E-state index in [2.05, 4.69) is 68.0 Å². The Morgan fingerprint density at radius 3 is 2.55 bits per heavy atom. The van der Waals surface area contributed by atoms with Gasteiger partial charge in [-0.15, -0.1) is 11.3 Å². The largest absolute Gasteiger partial charge is 0.308 e. The number of hydrogen-bond donors (Lipinski definition) is 1. The van der Waals surface area contributed by atoms with Gasteiger partial charge in [0.2, 0.25) is 0 Å². The first-order chi connectivity index (χ1) is 9.37. The highest BCUT2D eigenvalue weighted by molar-refractivity contribution is 7.11. The molecular weight excluding hydrogens is 266 g/mol. The molecule has 0 bridgehead atoms. The molecule has 0 atom stereocenters. The van der Waals surface area contributed by atoms with Crippen LogP contribution in [-0.4, -0.2) is 15.3 Å². The number of rotatable bonds is 5. The Bertz CT molecular complexity index is 561. The number of thiophene rings is 1. The summed E-state index contributed by atoms with van der Waals surface area (Å²) < 4.78 is 2.06. The van der Waals surface area contributed by atoms with Gasteiger partial charge in [-0.25, -0.2) is 0 Å². The average Bonchev–Trinajstić information content (AvgIpc) is 2.93.